The van der Waals surface area contributed by atoms with E-state index in [4.69, 9.17) is 4.98 Å². The topological polar surface area (TPSA) is 24.9 Å². The van der Waals surface area contributed by atoms with Crippen molar-refractivity contribution >= 4 is 11.3 Å². The quantitative estimate of drug-likeness (QED) is 0.819. The van der Waals surface area contributed by atoms with Gasteiger partial charge >= 0.3 is 0 Å². The lowest BCUT2D eigenvalue weighted by Crippen LogP contribution is -2.29. The molecule has 108 valence electrons. The molecular formula is C16H28N2S. The summed E-state index contributed by atoms with van der Waals surface area (Å²) in [4.78, 5) is 4.92. The Hall–Kier alpha value is -0.410. The highest BCUT2D eigenvalue weighted by Gasteiger charge is 2.30. The number of nitrogens with one attached hydrogen (secondary N) is 1. The highest BCUT2D eigenvalue weighted by atomic mass is 32.1. The molecule has 1 aliphatic carbocycles. The van der Waals surface area contributed by atoms with E-state index in [0.717, 1.165) is 6.04 Å². The first-order chi connectivity index (χ1) is 8.91. The molecule has 2 unspecified atom stereocenters. The Bertz CT molecular complexity index is 401. The summed E-state index contributed by atoms with van der Waals surface area (Å²) in [6.07, 6.45) is 5.20. The van der Waals surface area contributed by atoms with Crippen LogP contribution in [-0.4, -0.2) is 11.0 Å². The number of aromatic nitrogens is 1. The summed E-state index contributed by atoms with van der Waals surface area (Å²) in [6, 6.07) is 1.19. The molecule has 1 heterocycles. The molecule has 2 nitrogen and oxygen atoms in total. The lowest BCUT2D eigenvalue weighted by Gasteiger charge is -2.23. The Morgan fingerprint density at radius 2 is 2.11 bits per heavy atom. The van der Waals surface area contributed by atoms with Crippen LogP contribution < -0.4 is 5.32 Å². The van der Waals surface area contributed by atoms with Crippen molar-refractivity contribution < 1.29 is 0 Å². The summed E-state index contributed by atoms with van der Waals surface area (Å²) in [5, 5.41) is 7.34. The van der Waals surface area contributed by atoms with Gasteiger partial charge in [-0.25, -0.2) is 4.98 Å². The van der Waals surface area contributed by atoms with Crippen LogP contribution in [0, 0.1) is 5.92 Å². The zero-order valence-corrected chi connectivity index (χ0v) is 13.8. The van der Waals surface area contributed by atoms with Crippen molar-refractivity contribution in [2.45, 2.75) is 77.8 Å². The normalized spacial score (nSPS) is 19.4. The Balaban J connectivity index is 2.14. The number of thiazole rings is 1. The molecule has 1 N–H and O–H groups in total. The molecule has 2 atom stereocenters. The molecule has 0 radical (unpaired) electrons. The number of nitrogens with zero attached hydrogens (tertiary/aromatic N) is 1. The van der Waals surface area contributed by atoms with Gasteiger partial charge in [0.1, 0.15) is 5.01 Å². The van der Waals surface area contributed by atoms with Gasteiger partial charge in [-0.1, -0.05) is 41.0 Å². The second-order valence-corrected chi connectivity index (χ2v) is 7.90. The van der Waals surface area contributed by atoms with E-state index in [1.165, 1.54) is 36.4 Å². The molecule has 1 aromatic heterocycles. The summed E-state index contributed by atoms with van der Waals surface area (Å²) in [6.45, 7) is 11.4. The SMILES string of the molecule is CCCC(C)C(NC1CC1)c1nc(C(C)(C)C)cs1. The van der Waals surface area contributed by atoms with Crippen LogP contribution in [0.5, 0.6) is 0 Å². The Morgan fingerprint density at radius 3 is 2.58 bits per heavy atom. The third-order valence-corrected chi connectivity index (χ3v) is 4.79. The van der Waals surface area contributed by atoms with Crippen molar-refractivity contribution in [2.75, 3.05) is 0 Å². The van der Waals surface area contributed by atoms with Crippen LogP contribution >= 0.6 is 11.3 Å². The van der Waals surface area contributed by atoms with Gasteiger partial charge in [0, 0.05) is 16.8 Å². The highest BCUT2D eigenvalue weighted by molar-refractivity contribution is 7.09. The van der Waals surface area contributed by atoms with Crippen molar-refractivity contribution in [1.82, 2.24) is 10.3 Å². The molecule has 19 heavy (non-hydrogen) atoms. The van der Waals surface area contributed by atoms with Crippen molar-refractivity contribution in [2.24, 2.45) is 5.92 Å². The zero-order chi connectivity index (χ0) is 14.0. The lowest BCUT2D eigenvalue weighted by atomic mass is 9.93. The molecule has 0 bridgehead atoms. The van der Waals surface area contributed by atoms with Crippen LogP contribution in [0.15, 0.2) is 5.38 Å². The predicted octanol–water partition coefficient (Wildman–Crippen LogP) is 4.67. The first-order valence-corrected chi connectivity index (χ1v) is 8.51. The second kappa shape index (κ2) is 5.92. The Morgan fingerprint density at radius 1 is 1.42 bits per heavy atom. The van der Waals surface area contributed by atoms with Gasteiger partial charge in [0.25, 0.3) is 0 Å². The first-order valence-electron chi connectivity index (χ1n) is 7.63. The highest BCUT2D eigenvalue weighted by Crippen LogP contribution is 2.34. The van der Waals surface area contributed by atoms with Crippen molar-refractivity contribution in [3.8, 4) is 0 Å². The van der Waals surface area contributed by atoms with Gasteiger partial charge in [-0.15, -0.1) is 11.3 Å². The van der Waals surface area contributed by atoms with E-state index in [1.807, 2.05) is 11.3 Å². The van der Waals surface area contributed by atoms with E-state index >= 15 is 0 Å². The van der Waals surface area contributed by atoms with Crippen LogP contribution in [0.3, 0.4) is 0 Å². The van der Waals surface area contributed by atoms with Crippen LogP contribution in [0.4, 0.5) is 0 Å². The first kappa shape index (κ1) is 15.0. The summed E-state index contributed by atoms with van der Waals surface area (Å²) < 4.78 is 0. The maximum absolute atomic E-state index is 4.92. The van der Waals surface area contributed by atoms with E-state index in [0.29, 0.717) is 12.0 Å². The van der Waals surface area contributed by atoms with E-state index in [-0.39, 0.29) is 5.41 Å². The standard InChI is InChI=1S/C16H28N2S/c1-6-7-11(2)14(17-12-8-9-12)15-18-13(10-19-15)16(3,4)5/h10-12,14,17H,6-9H2,1-5H3. The third-order valence-electron chi connectivity index (χ3n) is 3.86. The summed E-state index contributed by atoms with van der Waals surface area (Å²) in [7, 11) is 0. The van der Waals surface area contributed by atoms with Crippen LogP contribution in [0.1, 0.15) is 77.0 Å². The third kappa shape index (κ3) is 4.03. The van der Waals surface area contributed by atoms with Gasteiger partial charge in [0.15, 0.2) is 0 Å². The van der Waals surface area contributed by atoms with Crippen LogP contribution in [0.25, 0.3) is 0 Å². The molecule has 0 spiro atoms. The molecule has 0 amide bonds. The monoisotopic (exact) mass is 280 g/mol. The zero-order valence-electron chi connectivity index (χ0n) is 13.0. The van der Waals surface area contributed by atoms with Crippen LogP contribution in [0.2, 0.25) is 0 Å². The summed E-state index contributed by atoms with van der Waals surface area (Å²) >= 11 is 1.83. The minimum Gasteiger partial charge on any atom is -0.305 e. The largest absolute Gasteiger partial charge is 0.305 e. The second-order valence-electron chi connectivity index (χ2n) is 7.01. The summed E-state index contributed by atoms with van der Waals surface area (Å²) in [5.74, 6) is 0.671. The number of hydrogen-bond donors (Lipinski definition) is 1. The maximum atomic E-state index is 4.92. The van der Waals surface area contributed by atoms with E-state index in [1.54, 1.807) is 0 Å². The van der Waals surface area contributed by atoms with E-state index in [2.05, 4.69) is 45.3 Å². The van der Waals surface area contributed by atoms with Gasteiger partial charge < -0.3 is 5.32 Å². The van der Waals surface area contributed by atoms with Crippen molar-refractivity contribution in [3.05, 3.63) is 16.1 Å². The fourth-order valence-corrected chi connectivity index (χ4v) is 3.62. The van der Waals surface area contributed by atoms with E-state index < -0.39 is 0 Å². The fraction of sp³-hybridized carbons (Fsp3) is 0.812. The fourth-order valence-electron chi connectivity index (χ4n) is 2.38. The molecular weight excluding hydrogens is 252 g/mol. The smallest absolute Gasteiger partial charge is 0.110 e. The van der Waals surface area contributed by atoms with Gasteiger partial charge in [-0.05, 0) is 25.2 Å². The lowest BCUT2D eigenvalue weighted by molar-refractivity contribution is 0.358. The average Bonchev–Trinajstić information content (AvgIpc) is 2.99. The molecule has 1 fully saturated rings. The molecule has 1 aromatic rings. The predicted molar refractivity (Wildman–Crippen MR) is 83.8 cm³/mol. The molecule has 0 aliphatic heterocycles. The van der Waals surface area contributed by atoms with Gasteiger partial charge in [0.2, 0.25) is 0 Å². The molecule has 0 aromatic carbocycles. The molecule has 2 rings (SSSR count). The van der Waals surface area contributed by atoms with Crippen molar-refractivity contribution in [1.29, 1.82) is 0 Å². The molecule has 0 saturated heterocycles. The minimum atomic E-state index is 0.160. The molecule has 1 saturated carbocycles. The number of hydrogen-bond acceptors (Lipinski definition) is 3. The number of rotatable bonds is 6. The van der Waals surface area contributed by atoms with Gasteiger partial charge in [-0.2, -0.15) is 0 Å². The van der Waals surface area contributed by atoms with E-state index in [9.17, 15) is 0 Å². The molecule has 3 heteroatoms. The minimum absolute atomic E-state index is 0.160. The Labute approximate surface area is 122 Å². The van der Waals surface area contributed by atoms with Gasteiger partial charge in [0.05, 0.1) is 11.7 Å². The Kier molecular flexibility index (Phi) is 4.67. The maximum Gasteiger partial charge on any atom is 0.110 e. The molecule has 1 aliphatic rings. The van der Waals surface area contributed by atoms with Crippen molar-refractivity contribution in [3.63, 3.8) is 0 Å². The van der Waals surface area contributed by atoms with Gasteiger partial charge in [-0.3, -0.25) is 0 Å². The average molecular weight is 280 g/mol. The summed E-state index contributed by atoms with van der Waals surface area (Å²) in [5.41, 5.74) is 1.39. The van der Waals surface area contributed by atoms with Crippen LogP contribution in [-0.2, 0) is 5.41 Å².